The molecular weight excluding hydrogens is 296 g/mol. The van der Waals surface area contributed by atoms with E-state index in [-0.39, 0.29) is 0 Å². The van der Waals surface area contributed by atoms with Gasteiger partial charge in [0.25, 0.3) is 0 Å². The van der Waals surface area contributed by atoms with Gasteiger partial charge in [0.2, 0.25) is 0 Å². The maximum Gasteiger partial charge on any atom is 0.0553 e. The van der Waals surface area contributed by atoms with E-state index in [1.54, 1.807) is 0 Å². The van der Waals surface area contributed by atoms with E-state index in [1.165, 1.54) is 22.3 Å². The first-order valence-electron chi connectivity index (χ1n) is 8.41. The highest BCUT2D eigenvalue weighted by Crippen LogP contribution is 2.08. The third-order valence-electron chi connectivity index (χ3n) is 4.33. The number of piperazine rings is 1. The van der Waals surface area contributed by atoms with Gasteiger partial charge in [-0.15, -0.1) is 0 Å². The van der Waals surface area contributed by atoms with Gasteiger partial charge in [0.1, 0.15) is 0 Å². The molecule has 0 aromatic heterocycles. The van der Waals surface area contributed by atoms with Crippen LogP contribution in [0.25, 0.3) is 0 Å². The summed E-state index contributed by atoms with van der Waals surface area (Å²) in [6, 6.07) is 16.6. The highest BCUT2D eigenvalue weighted by Gasteiger charge is 2.13. The van der Waals surface area contributed by atoms with Crippen molar-refractivity contribution in [3.8, 4) is 0 Å². The normalized spacial score (nSPS) is 15.6. The fourth-order valence-corrected chi connectivity index (χ4v) is 2.67. The van der Waals surface area contributed by atoms with Gasteiger partial charge in [0.15, 0.2) is 0 Å². The number of hydrogen-bond acceptors (Lipinski definition) is 4. The maximum atomic E-state index is 4.61. The van der Waals surface area contributed by atoms with Gasteiger partial charge in [-0.25, -0.2) is 0 Å². The van der Waals surface area contributed by atoms with Crippen molar-refractivity contribution >= 4 is 12.4 Å². The molecule has 1 fully saturated rings. The average Bonchev–Trinajstić information content (AvgIpc) is 2.61. The molecule has 1 heterocycles. The summed E-state index contributed by atoms with van der Waals surface area (Å²) in [5.41, 5.74) is 4.86. The average molecular weight is 320 g/mol. The largest absolute Gasteiger partial charge is 0.293 e. The summed E-state index contributed by atoms with van der Waals surface area (Å²) in [7, 11) is 0. The van der Waals surface area contributed by atoms with Crippen LogP contribution >= 0.6 is 0 Å². The third-order valence-corrected chi connectivity index (χ3v) is 4.33. The lowest BCUT2D eigenvalue weighted by molar-refractivity contribution is 0.141. The fourth-order valence-electron chi connectivity index (χ4n) is 2.67. The van der Waals surface area contributed by atoms with Gasteiger partial charge in [0, 0.05) is 0 Å². The van der Waals surface area contributed by atoms with E-state index in [0.717, 1.165) is 26.2 Å². The molecule has 0 saturated carbocycles. The van der Waals surface area contributed by atoms with Gasteiger partial charge in [-0.2, -0.15) is 10.2 Å². The molecule has 24 heavy (non-hydrogen) atoms. The Labute approximate surface area is 144 Å². The molecule has 0 atom stereocenters. The molecule has 0 aliphatic carbocycles. The molecule has 0 unspecified atom stereocenters. The summed E-state index contributed by atoms with van der Waals surface area (Å²) < 4.78 is 0. The molecule has 0 spiro atoms. The lowest BCUT2D eigenvalue weighted by Gasteiger charge is -2.31. The molecule has 2 aromatic rings. The van der Waals surface area contributed by atoms with E-state index >= 15 is 0 Å². The van der Waals surface area contributed by atoms with Crippen molar-refractivity contribution in [3.63, 3.8) is 0 Å². The Morgan fingerprint density at radius 3 is 1.42 bits per heavy atom. The zero-order chi connectivity index (χ0) is 16.8. The second-order valence-corrected chi connectivity index (χ2v) is 6.11. The van der Waals surface area contributed by atoms with Gasteiger partial charge in [-0.3, -0.25) is 10.0 Å². The SMILES string of the molecule is Cc1ccccc1/C=N/N1CCN(/N=C/c2ccccc2C)CC1. The summed E-state index contributed by atoms with van der Waals surface area (Å²) in [6.07, 6.45) is 3.92. The minimum absolute atomic E-state index is 0.896. The Morgan fingerprint density at radius 1 is 0.667 bits per heavy atom. The molecule has 0 bridgehead atoms. The molecule has 3 rings (SSSR count). The van der Waals surface area contributed by atoms with Gasteiger partial charge in [0.05, 0.1) is 38.6 Å². The molecule has 4 nitrogen and oxygen atoms in total. The molecule has 0 amide bonds. The van der Waals surface area contributed by atoms with Crippen LogP contribution in [0.5, 0.6) is 0 Å². The van der Waals surface area contributed by atoms with Crippen molar-refractivity contribution in [1.82, 2.24) is 10.0 Å². The number of rotatable bonds is 4. The summed E-state index contributed by atoms with van der Waals surface area (Å²) >= 11 is 0. The van der Waals surface area contributed by atoms with Gasteiger partial charge in [-0.05, 0) is 36.1 Å². The highest BCUT2D eigenvalue weighted by atomic mass is 15.5. The molecular formula is C20H24N4. The predicted molar refractivity (Wildman–Crippen MR) is 101 cm³/mol. The Hall–Kier alpha value is -2.62. The first kappa shape index (κ1) is 16.2. The van der Waals surface area contributed by atoms with E-state index in [1.807, 2.05) is 24.6 Å². The smallest absolute Gasteiger partial charge is 0.0553 e. The summed E-state index contributed by atoms with van der Waals surface area (Å²) in [5, 5.41) is 13.5. The summed E-state index contributed by atoms with van der Waals surface area (Å²) in [4.78, 5) is 0. The van der Waals surface area contributed by atoms with Gasteiger partial charge >= 0.3 is 0 Å². The van der Waals surface area contributed by atoms with Crippen LogP contribution in [0.3, 0.4) is 0 Å². The van der Waals surface area contributed by atoms with Crippen LogP contribution in [-0.4, -0.2) is 48.6 Å². The number of benzene rings is 2. The lowest BCUT2D eigenvalue weighted by atomic mass is 10.1. The molecule has 2 aromatic carbocycles. The first-order chi connectivity index (χ1) is 11.7. The van der Waals surface area contributed by atoms with Crippen LogP contribution < -0.4 is 0 Å². The Balaban J connectivity index is 1.53. The molecule has 1 aliphatic heterocycles. The maximum absolute atomic E-state index is 4.61. The second-order valence-electron chi connectivity index (χ2n) is 6.11. The van der Waals surface area contributed by atoms with E-state index in [0.29, 0.717) is 0 Å². The molecule has 0 N–H and O–H groups in total. The van der Waals surface area contributed by atoms with E-state index in [4.69, 9.17) is 0 Å². The van der Waals surface area contributed by atoms with Crippen LogP contribution in [0.4, 0.5) is 0 Å². The standard InChI is InChI=1S/C20H24N4/c1-17-7-3-5-9-19(17)15-21-23-11-13-24(14-12-23)22-16-20-10-6-4-8-18(20)2/h3-10,15-16H,11-14H2,1-2H3/b21-15+,22-16+. The van der Waals surface area contributed by atoms with Crippen LogP contribution in [0.15, 0.2) is 58.7 Å². The molecule has 0 radical (unpaired) electrons. The predicted octanol–water partition coefficient (Wildman–Crippen LogP) is 3.29. The molecule has 1 saturated heterocycles. The minimum atomic E-state index is 0.896. The monoisotopic (exact) mass is 320 g/mol. The highest BCUT2D eigenvalue weighted by molar-refractivity contribution is 5.81. The summed E-state index contributed by atoms with van der Waals surface area (Å²) in [5.74, 6) is 0. The van der Waals surface area contributed by atoms with Crippen molar-refractivity contribution in [3.05, 3.63) is 70.8 Å². The van der Waals surface area contributed by atoms with Crippen molar-refractivity contribution in [1.29, 1.82) is 0 Å². The summed E-state index contributed by atoms with van der Waals surface area (Å²) in [6.45, 7) is 7.81. The number of nitrogens with zero attached hydrogens (tertiary/aromatic N) is 4. The Bertz CT molecular complexity index is 664. The topological polar surface area (TPSA) is 31.2 Å². The second kappa shape index (κ2) is 7.77. The van der Waals surface area contributed by atoms with Crippen molar-refractivity contribution in [2.45, 2.75) is 13.8 Å². The molecule has 124 valence electrons. The van der Waals surface area contributed by atoms with E-state index < -0.39 is 0 Å². The molecule has 4 heteroatoms. The zero-order valence-corrected chi connectivity index (χ0v) is 14.4. The van der Waals surface area contributed by atoms with Gasteiger partial charge in [-0.1, -0.05) is 48.5 Å². The van der Waals surface area contributed by atoms with Gasteiger partial charge < -0.3 is 0 Å². The Kier molecular flexibility index (Phi) is 5.26. The molecule has 1 aliphatic rings. The van der Waals surface area contributed by atoms with E-state index in [9.17, 15) is 0 Å². The van der Waals surface area contributed by atoms with E-state index in [2.05, 4.69) is 70.5 Å². The van der Waals surface area contributed by atoms with Crippen LogP contribution in [0.1, 0.15) is 22.3 Å². The quantitative estimate of drug-likeness (QED) is 0.810. The van der Waals surface area contributed by atoms with Crippen molar-refractivity contribution < 1.29 is 0 Å². The van der Waals surface area contributed by atoms with Crippen LogP contribution in [-0.2, 0) is 0 Å². The fraction of sp³-hybridized carbons (Fsp3) is 0.300. The van der Waals surface area contributed by atoms with Crippen molar-refractivity contribution in [2.75, 3.05) is 26.2 Å². The third kappa shape index (κ3) is 4.22. The number of hydrogen-bond donors (Lipinski definition) is 0. The van der Waals surface area contributed by atoms with Crippen LogP contribution in [0.2, 0.25) is 0 Å². The number of aryl methyl sites for hydroxylation is 2. The lowest BCUT2D eigenvalue weighted by Crippen LogP contribution is -2.41. The minimum Gasteiger partial charge on any atom is -0.293 e. The first-order valence-corrected chi connectivity index (χ1v) is 8.41. The van der Waals surface area contributed by atoms with Crippen molar-refractivity contribution in [2.24, 2.45) is 10.2 Å². The van der Waals surface area contributed by atoms with Crippen LogP contribution in [0, 0.1) is 13.8 Å². The number of hydrazone groups is 2. The Morgan fingerprint density at radius 2 is 1.04 bits per heavy atom. The zero-order valence-electron chi connectivity index (χ0n) is 14.4.